The highest BCUT2D eigenvalue weighted by Crippen LogP contribution is 2.69. The molecule has 5 nitrogen and oxygen atoms in total. The Hall–Kier alpha value is -5.63. The van der Waals surface area contributed by atoms with Crippen molar-refractivity contribution in [3.63, 3.8) is 0 Å². The molecule has 3 aliphatic rings. The zero-order valence-corrected chi connectivity index (χ0v) is 26.4. The maximum absolute atomic E-state index is 15.3. The van der Waals surface area contributed by atoms with E-state index < -0.39 is 57.8 Å². The molecule has 2 spiro atoms. The Bertz CT molecular complexity index is 2150. The van der Waals surface area contributed by atoms with Gasteiger partial charge in [-0.1, -0.05) is 108 Å². The molecule has 8 rings (SSSR count). The van der Waals surface area contributed by atoms with Crippen LogP contribution < -0.4 is 4.90 Å². The van der Waals surface area contributed by atoms with Crippen molar-refractivity contribution in [2.24, 2.45) is 5.41 Å². The van der Waals surface area contributed by atoms with Crippen LogP contribution in [0.4, 0.5) is 18.9 Å². The number of nitrogens with zero attached hydrogens (tertiary/aromatic N) is 1. The quantitative estimate of drug-likeness (QED) is 0.182. The standard InChI is InChI=1S/C41H28F3NO4/c1-23-11-15-25(16-12-23)33-39(35(46)29-7-3-4-8-30(29)36(39)47)34(26-17-13-24(2)14-18-26)45(28-21-19-27(20-22-28)41(42,43)44)40(33)37(48)31-9-5-6-10-32(31)38(40)49/h3-22,33-34H,1-2H3/t33-,34+/m1/s1. The van der Waals surface area contributed by atoms with Crippen molar-refractivity contribution in [3.8, 4) is 0 Å². The van der Waals surface area contributed by atoms with Crippen molar-refractivity contribution in [1.82, 2.24) is 0 Å². The molecule has 0 saturated carbocycles. The minimum atomic E-state index is -4.66. The first-order valence-corrected chi connectivity index (χ1v) is 15.9. The molecular weight excluding hydrogens is 627 g/mol. The van der Waals surface area contributed by atoms with E-state index in [9.17, 15) is 13.2 Å². The number of carbonyl (C=O) groups is 4. The first-order valence-electron chi connectivity index (χ1n) is 15.9. The van der Waals surface area contributed by atoms with Gasteiger partial charge in [-0.25, -0.2) is 0 Å². The van der Waals surface area contributed by atoms with E-state index in [-0.39, 0.29) is 27.9 Å². The summed E-state index contributed by atoms with van der Waals surface area (Å²) in [5, 5.41) is 0. The molecule has 2 aliphatic carbocycles. The second-order valence-electron chi connectivity index (χ2n) is 13.1. The summed E-state index contributed by atoms with van der Waals surface area (Å²) in [7, 11) is 0. The molecular formula is C41H28F3NO4. The number of aryl methyl sites for hydroxylation is 2. The van der Waals surface area contributed by atoms with Gasteiger partial charge in [-0.2, -0.15) is 13.2 Å². The van der Waals surface area contributed by atoms with E-state index in [2.05, 4.69) is 0 Å². The Morgan fingerprint density at radius 1 is 0.531 bits per heavy atom. The third kappa shape index (κ3) is 3.94. The van der Waals surface area contributed by atoms with E-state index >= 15 is 19.2 Å². The number of hydrogen-bond donors (Lipinski definition) is 0. The highest BCUT2D eigenvalue weighted by molar-refractivity contribution is 6.39. The van der Waals surface area contributed by atoms with Gasteiger partial charge in [0.25, 0.3) is 0 Å². The van der Waals surface area contributed by atoms with Crippen LogP contribution in [-0.2, 0) is 6.18 Å². The fourth-order valence-corrected chi connectivity index (χ4v) is 8.43. The lowest BCUT2D eigenvalue weighted by molar-refractivity contribution is -0.137. The van der Waals surface area contributed by atoms with E-state index in [1.54, 1.807) is 84.9 Å². The van der Waals surface area contributed by atoms with Crippen LogP contribution in [0.3, 0.4) is 0 Å². The molecule has 2 atom stereocenters. The minimum absolute atomic E-state index is 0.0959. The second-order valence-corrected chi connectivity index (χ2v) is 13.1. The lowest BCUT2D eigenvalue weighted by Gasteiger charge is -2.40. The fourth-order valence-electron chi connectivity index (χ4n) is 8.43. The number of Topliss-reactive ketones (excluding diaryl/α,β-unsaturated/α-hetero) is 4. The van der Waals surface area contributed by atoms with Crippen molar-refractivity contribution in [2.75, 3.05) is 4.90 Å². The maximum atomic E-state index is 15.3. The van der Waals surface area contributed by atoms with Crippen molar-refractivity contribution >= 4 is 28.8 Å². The predicted molar refractivity (Wildman–Crippen MR) is 177 cm³/mol. The van der Waals surface area contributed by atoms with Crippen LogP contribution in [0.2, 0.25) is 0 Å². The Morgan fingerprint density at radius 2 is 0.939 bits per heavy atom. The molecule has 1 aliphatic heterocycles. The molecule has 49 heavy (non-hydrogen) atoms. The Kier molecular flexibility index (Phi) is 6.53. The maximum Gasteiger partial charge on any atom is 0.416 e. The summed E-state index contributed by atoms with van der Waals surface area (Å²) in [6, 6.07) is 30.0. The molecule has 5 aromatic carbocycles. The average molecular weight is 656 g/mol. The molecule has 5 aromatic rings. The van der Waals surface area contributed by atoms with Gasteiger partial charge in [0, 0.05) is 33.9 Å². The molecule has 0 aromatic heterocycles. The van der Waals surface area contributed by atoms with E-state index in [0.717, 1.165) is 23.3 Å². The summed E-state index contributed by atoms with van der Waals surface area (Å²) in [6.07, 6.45) is -4.66. The first kappa shape index (κ1) is 30.7. The molecule has 1 heterocycles. The first-order chi connectivity index (χ1) is 23.4. The predicted octanol–water partition coefficient (Wildman–Crippen LogP) is 8.55. The number of anilines is 1. The Labute approximate surface area is 280 Å². The number of rotatable bonds is 3. The minimum Gasteiger partial charge on any atom is -0.343 e. The summed E-state index contributed by atoms with van der Waals surface area (Å²) >= 11 is 0. The molecule has 1 fully saturated rings. The molecule has 0 amide bonds. The number of ketones is 4. The summed E-state index contributed by atoms with van der Waals surface area (Å²) < 4.78 is 41.6. The van der Waals surface area contributed by atoms with Crippen LogP contribution >= 0.6 is 0 Å². The molecule has 0 unspecified atom stereocenters. The fraction of sp³-hybridized carbons (Fsp3) is 0.171. The Balaban J connectivity index is 1.55. The van der Waals surface area contributed by atoms with E-state index in [0.29, 0.717) is 11.1 Å². The number of carbonyl (C=O) groups excluding carboxylic acids is 4. The van der Waals surface area contributed by atoms with Gasteiger partial charge in [0.05, 0.1) is 11.6 Å². The summed E-state index contributed by atoms with van der Waals surface area (Å²) in [4.78, 5) is 62.7. The molecule has 8 heteroatoms. The number of fused-ring (bicyclic) bond motifs is 2. The van der Waals surface area contributed by atoms with Crippen LogP contribution in [0.1, 0.15) is 81.2 Å². The van der Waals surface area contributed by atoms with Crippen molar-refractivity contribution in [1.29, 1.82) is 0 Å². The third-order valence-electron chi connectivity index (χ3n) is 10.5. The molecule has 0 radical (unpaired) electrons. The van der Waals surface area contributed by atoms with Crippen LogP contribution in [0.25, 0.3) is 0 Å². The zero-order chi connectivity index (χ0) is 34.5. The molecule has 0 N–H and O–H groups in total. The van der Waals surface area contributed by atoms with Crippen molar-refractivity contribution in [2.45, 2.75) is 37.5 Å². The lowest BCUT2D eigenvalue weighted by Crippen LogP contribution is -2.57. The van der Waals surface area contributed by atoms with Crippen LogP contribution in [0.15, 0.2) is 121 Å². The van der Waals surface area contributed by atoms with Crippen LogP contribution in [-0.4, -0.2) is 28.7 Å². The van der Waals surface area contributed by atoms with Gasteiger partial charge < -0.3 is 4.90 Å². The highest BCUT2D eigenvalue weighted by Gasteiger charge is 2.81. The summed E-state index contributed by atoms with van der Waals surface area (Å²) in [5.41, 5.74) is -1.89. The number of halogens is 3. The zero-order valence-electron chi connectivity index (χ0n) is 26.4. The van der Waals surface area contributed by atoms with Crippen molar-refractivity contribution < 1.29 is 32.3 Å². The largest absolute Gasteiger partial charge is 0.416 e. The lowest BCUT2D eigenvalue weighted by atomic mass is 9.59. The highest BCUT2D eigenvalue weighted by atomic mass is 19.4. The average Bonchev–Trinajstić information content (AvgIpc) is 3.60. The van der Waals surface area contributed by atoms with Gasteiger partial charge in [-0.3, -0.25) is 19.2 Å². The van der Waals surface area contributed by atoms with Crippen molar-refractivity contribution in [3.05, 3.63) is 171 Å². The van der Waals surface area contributed by atoms with E-state index in [1.165, 1.54) is 17.0 Å². The van der Waals surface area contributed by atoms with Crippen LogP contribution in [0.5, 0.6) is 0 Å². The number of benzene rings is 5. The Morgan fingerprint density at radius 3 is 1.37 bits per heavy atom. The smallest absolute Gasteiger partial charge is 0.343 e. The van der Waals surface area contributed by atoms with Gasteiger partial charge in [-0.15, -0.1) is 0 Å². The summed E-state index contributed by atoms with van der Waals surface area (Å²) in [5.74, 6) is -3.70. The topological polar surface area (TPSA) is 71.5 Å². The monoisotopic (exact) mass is 655 g/mol. The molecule has 242 valence electrons. The number of hydrogen-bond acceptors (Lipinski definition) is 5. The SMILES string of the molecule is Cc1ccc([C@@H]2N(c3ccc(C(F)(F)F)cc3)C3(C(=O)c4ccccc4C3=O)[C@H](c3ccc(C)cc3)C23C(=O)c2ccccc2C3=O)cc1. The van der Waals surface area contributed by atoms with Crippen LogP contribution in [0, 0.1) is 19.3 Å². The van der Waals surface area contributed by atoms with Gasteiger partial charge in [0.15, 0.2) is 28.7 Å². The van der Waals surface area contributed by atoms with E-state index in [1.807, 2.05) is 26.0 Å². The third-order valence-corrected chi connectivity index (χ3v) is 10.5. The van der Waals surface area contributed by atoms with Gasteiger partial charge >= 0.3 is 6.18 Å². The summed E-state index contributed by atoms with van der Waals surface area (Å²) in [6.45, 7) is 3.75. The van der Waals surface area contributed by atoms with E-state index in [4.69, 9.17) is 0 Å². The molecule has 0 bridgehead atoms. The second kappa shape index (κ2) is 10.4. The normalized spacial score (nSPS) is 20.4. The molecule has 1 saturated heterocycles. The van der Waals surface area contributed by atoms with Gasteiger partial charge in [-0.05, 0) is 49.2 Å². The van der Waals surface area contributed by atoms with Gasteiger partial charge in [0.1, 0.15) is 5.41 Å². The number of alkyl halides is 3. The van der Waals surface area contributed by atoms with Gasteiger partial charge in [0.2, 0.25) is 0 Å².